The third kappa shape index (κ3) is 8.85. The van der Waals surface area contributed by atoms with E-state index in [1.807, 2.05) is 58.0 Å². The summed E-state index contributed by atoms with van der Waals surface area (Å²) >= 11 is 0. The van der Waals surface area contributed by atoms with E-state index in [2.05, 4.69) is 58.4 Å². The zero-order chi connectivity index (χ0) is 25.5. The van der Waals surface area contributed by atoms with Crippen LogP contribution in [0.4, 0.5) is 0 Å². The largest absolute Gasteiger partial charge is 0.481 e. The molecular formula is C30H40N2O3. The number of ether oxygens (including phenoxy) is 1. The minimum absolute atomic E-state index is 0.329. The Labute approximate surface area is 210 Å². The molecule has 1 N–H and O–H groups in total. The van der Waals surface area contributed by atoms with Crippen molar-refractivity contribution in [3.63, 3.8) is 0 Å². The summed E-state index contributed by atoms with van der Waals surface area (Å²) in [5.41, 5.74) is 2.49. The van der Waals surface area contributed by atoms with Crippen molar-refractivity contribution < 1.29 is 14.6 Å². The van der Waals surface area contributed by atoms with Gasteiger partial charge in [0.15, 0.2) is 6.61 Å². The van der Waals surface area contributed by atoms with Crippen LogP contribution in [0.15, 0.2) is 72.8 Å². The fourth-order valence-electron chi connectivity index (χ4n) is 4.01. The van der Waals surface area contributed by atoms with Crippen LogP contribution >= 0.6 is 0 Å². The van der Waals surface area contributed by atoms with Crippen LogP contribution in [-0.4, -0.2) is 60.2 Å². The number of carbonyl (C=O) groups is 1. The third-order valence-electron chi connectivity index (χ3n) is 5.66. The highest BCUT2D eigenvalue weighted by atomic mass is 16.5. The van der Waals surface area contributed by atoms with Crippen molar-refractivity contribution in [1.29, 1.82) is 0 Å². The number of fused-ring (bicyclic) bond motifs is 1. The number of rotatable bonds is 8. The van der Waals surface area contributed by atoms with Crippen LogP contribution in [0.2, 0.25) is 0 Å². The lowest BCUT2D eigenvalue weighted by Gasteiger charge is -2.34. The molecule has 0 spiro atoms. The van der Waals surface area contributed by atoms with Crippen molar-refractivity contribution in [1.82, 2.24) is 9.80 Å². The summed E-state index contributed by atoms with van der Waals surface area (Å²) in [6.07, 6.45) is 4.43. The smallest absolute Gasteiger partial charge is 0.341 e. The summed E-state index contributed by atoms with van der Waals surface area (Å²) in [6.45, 7) is 13.7. The third-order valence-corrected chi connectivity index (χ3v) is 5.66. The summed E-state index contributed by atoms with van der Waals surface area (Å²) in [5, 5.41) is 11.0. The van der Waals surface area contributed by atoms with E-state index in [0.717, 1.165) is 50.0 Å². The van der Waals surface area contributed by atoms with E-state index in [9.17, 15) is 4.79 Å². The van der Waals surface area contributed by atoms with Gasteiger partial charge in [-0.2, -0.15) is 0 Å². The molecule has 188 valence electrons. The molecule has 1 heterocycles. The first kappa shape index (κ1) is 28.1. The highest BCUT2D eigenvalue weighted by molar-refractivity contribution is 5.91. The SMILES string of the molecule is CC.CC.O=C(O)COc1ccc(CN2CCN(C/C=C/c3ccccc3)CC2)c2ccccc12. The van der Waals surface area contributed by atoms with Gasteiger partial charge in [0.2, 0.25) is 0 Å². The van der Waals surface area contributed by atoms with Gasteiger partial charge in [-0.15, -0.1) is 0 Å². The summed E-state index contributed by atoms with van der Waals surface area (Å²) in [5.74, 6) is -0.346. The zero-order valence-electron chi connectivity index (χ0n) is 21.6. The fourth-order valence-corrected chi connectivity index (χ4v) is 4.01. The van der Waals surface area contributed by atoms with Gasteiger partial charge in [-0.1, -0.05) is 101 Å². The molecule has 4 rings (SSSR count). The number of nitrogens with zero attached hydrogens (tertiary/aromatic N) is 2. The average Bonchev–Trinajstić information content (AvgIpc) is 2.92. The maximum absolute atomic E-state index is 10.9. The second-order valence-electron chi connectivity index (χ2n) is 7.84. The molecule has 3 aromatic carbocycles. The van der Waals surface area contributed by atoms with Gasteiger partial charge < -0.3 is 9.84 Å². The Bertz CT molecular complexity index is 1040. The van der Waals surface area contributed by atoms with Crippen LogP contribution in [-0.2, 0) is 11.3 Å². The molecule has 3 aromatic rings. The lowest BCUT2D eigenvalue weighted by Crippen LogP contribution is -2.45. The van der Waals surface area contributed by atoms with Gasteiger partial charge in [-0.25, -0.2) is 4.79 Å². The van der Waals surface area contributed by atoms with Crippen LogP contribution in [0.25, 0.3) is 16.8 Å². The van der Waals surface area contributed by atoms with E-state index >= 15 is 0 Å². The van der Waals surface area contributed by atoms with Gasteiger partial charge in [0.25, 0.3) is 0 Å². The number of piperazine rings is 1. The zero-order valence-corrected chi connectivity index (χ0v) is 21.6. The molecule has 0 amide bonds. The van der Waals surface area contributed by atoms with E-state index in [0.29, 0.717) is 5.75 Å². The Hall–Kier alpha value is -3.15. The summed E-state index contributed by atoms with van der Waals surface area (Å²) < 4.78 is 5.48. The van der Waals surface area contributed by atoms with Gasteiger partial charge in [0.05, 0.1) is 0 Å². The van der Waals surface area contributed by atoms with Gasteiger partial charge >= 0.3 is 5.97 Å². The molecule has 0 bridgehead atoms. The Morgan fingerprint density at radius 1 is 0.829 bits per heavy atom. The number of hydrogen-bond donors (Lipinski definition) is 1. The molecule has 1 aliphatic heterocycles. The van der Waals surface area contributed by atoms with Crippen molar-refractivity contribution in [3.05, 3.63) is 83.9 Å². The molecular weight excluding hydrogens is 436 g/mol. The van der Waals surface area contributed by atoms with Gasteiger partial charge in [-0.05, 0) is 22.6 Å². The Kier molecular flexibility index (Phi) is 12.6. The van der Waals surface area contributed by atoms with Gasteiger partial charge in [0.1, 0.15) is 5.75 Å². The second kappa shape index (κ2) is 15.7. The summed E-state index contributed by atoms with van der Waals surface area (Å²) in [7, 11) is 0. The predicted octanol–water partition coefficient (Wildman–Crippen LogP) is 6.19. The predicted molar refractivity (Wildman–Crippen MR) is 147 cm³/mol. The van der Waals surface area contributed by atoms with Crippen molar-refractivity contribution in [2.45, 2.75) is 34.2 Å². The van der Waals surface area contributed by atoms with Crippen LogP contribution < -0.4 is 4.74 Å². The highest BCUT2D eigenvalue weighted by Crippen LogP contribution is 2.29. The quantitative estimate of drug-likeness (QED) is 0.420. The molecule has 0 saturated carbocycles. The van der Waals surface area contributed by atoms with Gasteiger partial charge in [0, 0.05) is 44.7 Å². The van der Waals surface area contributed by atoms with E-state index < -0.39 is 5.97 Å². The van der Waals surface area contributed by atoms with Crippen molar-refractivity contribution in [3.8, 4) is 5.75 Å². The van der Waals surface area contributed by atoms with Crippen LogP contribution in [0.3, 0.4) is 0 Å². The number of benzene rings is 3. The van der Waals surface area contributed by atoms with E-state index in [-0.39, 0.29) is 6.61 Å². The van der Waals surface area contributed by atoms with Gasteiger partial charge in [-0.3, -0.25) is 9.80 Å². The molecule has 1 saturated heterocycles. The molecule has 0 radical (unpaired) electrons. The van der Waals surface area contributed by atoms with Crippen molar-refractivity contribution >= 4 is 22.8 Å². The molecule has 0 unspecified atom stereocenters. The average molecular weight is 477 g/mol. The number of carboxylic acids is 1. The molecule has 0 aliphatic carbocycles. The van der Waals surface area contributed by atoms with Crippen LogP contribution in [0.5, 0.6) is 5.75 Å². The molecule has 1 aliphatic rings. The van der Waals surface area contributed by atoms with E-state index in [4.69, 9.17) is 9.84 Å². The number of carboxylic acid groups (broad SMARTS) is 1. The Balaban J connectivity index is 0.00000103. The van der Waals surface area contributed by atoms with E-state index in [1.54, 1.807) is 0 Å². The van der Waals surface area contributed by atoms with E-state index in [1.165, 1.54) is 11.1 Å². The Morgan fingerprint density at radius 3 is 2.09 bits per heavy atom. The second-order valence-corrected chi connectivity index (χ2v) is 7.84. The molecule has 0 aromatic heterocycles. The van der Waals surface area contributed by atoms with Crippen molar-refractivity contribution in [2.75, 3.05) is 39.3 Å². The summed E-state index contributed by atoms with van der Waals surface area (Å²) in [6, 6.07) is 22.4. The fraction of sp³-hybridized carbons (Fsp3) is 0.367. The first-order valence-corrected chi connectivity index (χ1v) is 12.7. The van der Waals surface area contributed by atoms with Crippen molar-refractivity contribution in [2.24, 2.45) is 0 Å². The molecule has 35 heavy (non-hydrogen) atoms. The normalized spacial score (nSPS) is 14.1. The number of aliphatic carboxylic acids is 1. The molecule has 1 fully saturated rings. The highest BCUT2D eigenvalue weighted by Gasteiger charge is 2.17. The molecule has 0 atom stereocenters. The lowest BCUT2D eigenvalue weighted by atomic mass is 10.0. The summed E-state index contributed by atoms with van der Waals surface area (Å²) in [4.78, 5) is 15.8. The topological polar surface area (TPSA) is 53.0 Å². The first-order valence-electron chi connectivity index (χ1n) is 12.7. The maximum Gasteiger partial charge on any atom is 0.341 e. The molecule has 5 nitrogen and oxygen atoms in total. The minimum Gasteiger partial charge on any atom is -0.481 e. The van der Waals surface area contributed by atoms with Crippen LogP contribution in [0, 0.1) is 0 Å². The monoisotopic (exact) mass is 476 g/mol. The lowest BCUT2D eigenvalue weighted by molar-refractivity contribution is -0.139. The maximum atomic E-state index is 10.9. The Morgan fingerprint density at radius 2 is 1.43 bits per heavy atom. The minimum atomic E-state index is -0.968. The standard InChI is InChI=1S/C26H28N2O3.2C2H6/c29-26(30)20-31-25-13-12-22(23-10-4-5-11-24(23)25)19-28-17-15-27(16-18-28)14-6-9-21-7-2-1-3-8-21;2*1-2/h1-13H,14-20H2,(H,29,30);2*1-2H3/b9-6+;;. The number of hydrogen-bond acceptors (Lipinski definition) is 4. The first-order chi connectivity index (χ1) is 17.2. The molecule has 5 heteroatoms. The van der Waals surface area contributed by atoms with Crippen LogP contribution in [0.1, 0.15) is 38.8 Å².